The Morgan fingerprint density at radius 3 is 2.95 bits per heavy atom. The van der Waals surface area contributed by atoms with Crippen LogP contribution in [-0.2, 0) is 16.1 Å². The normalized spacial score (nSPS) is 11.3. The molecule has 3 rings (SSSR count). The van der Waals surface area contributed by atoms with Crippen LogP contribution in [0.15, 0.2) is 51.6 Å². The lowest BCUT2D eigenvalue weighted by atomic mass is 10.3. The van der Waals surface area contributed by atoms with Gasteiger partial charge in [-0.25, -0.2) is 9.78 Å². The van der Waals surface area contributed by atoms with Crippen molar-refractivity contribution >= 4 is 49.5 Å². The van der Waals surface area contributed by atoms with E-state index < -0.39 is 5.97 Å². The predicted octanol–water partition coefficient (Wildman–Crippen LogP) is 4.41. The molecule has 0 fully saturated rings. The van der Waals surface area contributed by atoms with E-state index in [1.807, 2.05) is 24.3 Å². The molecule has 3 aromatic rings. The highest BCUT2D eigenvalue weighted by atomic mass is 79.9. The number of nitrogens with zero attached hydrogens (tertiary/aromatic N) is 1. The van der Waals surface area contributed by atoms with Gasteiger partial charge in [-0.1, -0.05) is 12.1 Å². The number of thiazole rings is 1. The van der Waals surface area contributed by atoms with Gasteiger partial charge in [0.2, 0.25) is 0 Å². The smallest absolute Gasteiger partial charge is 0.331 e. The molecule has 4 nitrogen and oxygen atoms in total. The van der Waals surface area contributed by atoms with Crippen LogP contribution in [0.25, 0.3) is 16.3 Å². The Labute approximate surface area is 133 Å². The Morgan fingerprint density at radius 1 is 1.33 bits per heavy atom. The van der Waals surface area contributed by atoms with Crippen LogP contribution in [0.3, 0.4) is 0 Å². The molecule has 2 heterocycles. The lowest BCUT2D eigenvalue weighted by Gasteiger charge is -1.97. The number of ether oxygens (including phenoxy) is 1. The summed E-state index contributed by atoms with van der Waals surface area (Å²) in [5.41, 5.74) is 0.921. The maximum absolute atomic E-state index is 11.6. The van der Waals surface area contributed by atoms with Crippen LogP contribution in [0.5, 0.6) is 0 Å². The summed E-state index contributed by atoms with van der Waals surface area (Å²) in [6.45, 7) is 0.171. The molecule has 21 heavy (non-hydrogen) atoms. The van der Waals surface area contributed by atoms with E-state index in [-0.39, 0.29) is 6.61 Å². The minimum Gasteiger partial charge on any atom is -0.455 e. The van der Waals surface area contributed by atoms with E-state index in [2.05, 4.69) is 20.9 Å². The van der Waals surface area contributed by atoms with Crippen molar-refractivity contribution in [2.45, 2.75) is 6.61 Å². The van der Waals surface area contributed by atoms with E-state index in [0.717, 1.165) is 15.2 Å². The van der Waals surface area contributed by atoms with Gasteiger partial charge in [-0.2, -0.15) is 0 Å². The molecule has 0 spiro atoms. The average Bonchev–Trinajstić information content (AvgIpc) is 3.08. The number of carbonyl (C=O) groups excluding carboxylic acids is 1. The molecule has 0 atom stereocenters. The fourth-order valence-corrected chi connectivity index (χ4v) is 2.93. The minimum absolute atomic E-state index is 0.171. The molecule has 6 heteroatoms. The minimum atomic E-state index is -0.429. The van der Waals surface area contributed by atoms with Gasteiger partial charge in [0, 0.05) is 6.08 Å². The molecule has 0 aliphatic heterocycles. The molecule has 0 radical (unpaired) electrons. The van der Waals surface area contributed by atoms with Gasteiger partial charge in [0.25, 0.3) is 0 Å². The first-order chi connectivity index (χ1) is 10.2. The summed E-state index contributed by atoms with van der Waals surface area (Å²) in [6, 6.07) is 11.3. The van der Waals surface area contributed by atoms with E-state index in [1.165, 1.54) is 17.4 Å². The molecular formula is C15H10BrNO3S. The van der Waals surface area contributed by atoms with Gasteiger partial charge >= 0.3 is 5.97 Å². The first-order valence-corrected chi connectivity index (χ1v) is 7.76. The third kappa shape index (κ3) is 3.59. The predicted molar refractivity (Wildman–Crippen MR) is 84.9 cm³/mol. The second-order valence-corrected chi connectivity index (χ2v) is 6.06. The molecule has 0 bridgehead atoms. The van der Waals surface area contributed by atoms with Crippen molar-refractivity contribution in [3.63, 3.8) is 0 Å². The highest BCUT2D eigenvalue weighted by molar-refractivity contribution is 9.10. The quantitative estimate of drug-likeness (QED) is 0.508. The SMILES string of the molecule is O=C(/C=C/c1ccc(Br)o1)OCc1nc2ccccc2s1. The summed E-state index contributed by atoms with van der Waals surface area (Å²) >= 11 is 4.71. The highest BCUT2D eigenvalue weighted by Gasteiger charge is 2.05. The molecule has 0 N–H and O–H groups in total. The van der Waals surface area contributed by atoms with Crippen molar-refractivity contribution in [2.75, 3.05) is 0 Å². The van der Waals surface area contributed by atoms with Crippen LogP contribution in [-0.4, -0.2) is 11.0 Å². The number of halogens is 1. The van der Waals surface area contributed by atoms with E-state index in [9.17, 15) is 4.79 Å². The molecule has 106 valence electrons. The number of aromatic nitrogens is 1. The lowest BCUT2D eigenvalue weighted by molar-refractivity contribution is -0.138. The molecular weight excluding hydrogens is 354 g/mol. The van der Waals surface area contributed by atoms with Gasteiger partial charge in [0.1, 0.15) is 17.4 Å². The second kappa shape index (κ2) is 6.24. The topological polar surface area (TPSA) is 52.3 Å². The van der Waals surface area contributed by atoms with Crippen molar-refractivity contribution in [1.82, 2.24) is 4.98 Å². The monoisotopic (exact) mass is 363 g/mol. The van der Waals surface area contributed by atoms with Gasteiger partial charge in [0.15, 0.2) is 4.67 Å². The summed E-state index contributed by atoms with van der Waals surface area (Å²) in [4.78, 5) is 16.0. The summed E-state index contributed by atoms with van der Waals surface area (Å²) < 4.78 is 12.1. The van der Waals surface area contributed by atoms with Gasteiger partial charge < -0.3 is 9.15 Å². The van der Waals surface area contributed by atoms with E-state index in [4.69, 9.17) is 9.15 Å². The molecule has 0 saturated carbocycles. The number of furan rings is 1. The molecule has 0 saturated heterocycles. The van der Waals surface area contributed by atoms with Crippen LogP contribution in [0.2, 0.25) is 0 Å². The van der Waals surface area contributed by atoms with Crippen LogP contribution >= 0.6 is 27.3 Å². The zero-order valence-corrected chi connectivity index (χ0v) is 13.2. The zero-order chi connectivity index (χ0) is 14.7. The lowest BCUT2D eigenvalue weighted by Crippen LogP contribution is -2.00. The number of hydrogen-bond acceptors (Lipinski definition) is 5. The van der Waals surface area contributed by atoms with E-state index in [1.54, 1.807) is 18.2 Å². The third-order valence-corrected chi connectivity index (χ3v) is 4.09. The van der Waals surface area contributed by atoms with Crippen LogP contribution in [0, 0.1) is 0 Å². The standard InChI is InChI=1S/C15H10BrNO3S/c16-13-7-5-10(20-13)6-8-15(18)19-9-14-17-11-3-1-2-4-12(11)21-14/h1-8H,9H2/b8-6+. The number of fused-ring (bicyclic) bond motifs is 1. The summed E-state index contributed by atoms with van der Waals surface area (Å²) in [5.74, 6) is 0.153. The summed E-state index contributed by atoms with van der Waals surface area (Å²) in [6.07, 6.45) is 2.89. The summed E-state index contributed by atoms with van der Waals surface area (Å²) in [7, 11) is 0. The number of rotatable bonds is 4. The van der Waals surface area contributed by atoms with Crippen molar-refractivity contribution in [2.24, 2.45) is 0 Å². The fourth-order valence-electron chi connectivity index (χ4n) is 1.73. The Kier molecular flexibility index (Phi) is 4.17. The Morgan fingerprint density at radius 2 is 2.19 bits per heavy atom. The number of esters is 1. The second-order valence-electron chi connectivity index (χ2n) is 4.16. The first-order valence-electron chi connectivity index (χ1n) is 6.15. The highest BCUT2D eigenvalue weighted by Crippen LogP contribution is 2.22. The molecule has 0 aliphatic rings. The maximum Gasteiger partial charge on any atom is 0.331 e. The summed E-state index contributed by atoms with van der Waals surface area (Å²) in [5, 5.41) is 0.777. The van der Waals surface area contributed by atoms with Crippen LogP contribution < -0.4 is 0 Å². The molecule has 2 aromatic heterocycles. The van der Waals surface area contributed by atoms with Crippen molar-refractivity contribution in [3.05, 3.63) is 57.9 Å². The van der Waals surface area contributed by atoms with E-state index >= 15 is 0 Å². The Hall–Kier alpha value is -1.92. The van der Waals surface area contributed by atoms with Gasteiger partial charge in [0.05, 0.1) is 10.2 Å². The number of hydrogen-bond donors (Lipinski definition) is 0. The van der Waals surface area contributed by atoms with Crippen LogP contribution in [0.4, 0.5) is 0 Å². The first kappa shape index (κ1) is 14.0. The van der Waals surface area contributed by atoms with Gasteiger partial charge in [-0.3, -0.25) is 0 Å². The van der Waals surface area contributed by atoms with Crippen LogP contribution in [0.1, 0.15) is 10.8 Å². The Bertz CT molecular complexity index is 773. The Balaban J connectivity index is 1.59. The van der Waals surface area contributed by atoms with E-state index in [0.29, 0.717) is 10.4 Å². The third-order valence-electron chi connectivity index (χ3n) is 2.65. The zero-order valence-electron chi connectivity index (χ0n) is 10.8. The number of para-hydroxylation sites is 1. The average molecular weight is 364 g/mol. The van der Waals surface area contributed by atoms with Gasteiger partial charge in [-0.05, 0) is 46.3 Å². The molecule has 0 aliphatic carbocycles. The van der Waals surface area contributed by atoms with Crippen molar-refractivity contribution in [1.29, 1.82) is 0 Å². The number of carbonyl (C=O) groups is 1. The fraction of sp³-hybridized carbons (Fsp3) is 0.0667. The number of benzene rings is 1. The molecule has 0 unspecified atom stereocenters. The van der Waals surface area contributed by atoms with Gasteiger partial charge in [-0.15, -0.1) is 11.3 Å². The van der Waals surface area contributed by atoms with Crippen molar-refractivity contribution < 1.29 is 13.9 Å². The molecule has 0 amide bonds. The van der Waals surface area contributed by atoms with Crippen molar-refractivity contribution in [3.8, 4) is 0 Å². The largest absolute Gasteiger partial charge is 0.455 e. The maximum atomic E-state index is 11.6. The molecule has 1 aromatic carbocycles.